The fourth-order valence-corrected chi connectivity index (χ4v) is 1.83. The van der Waals surface area contributed by atoms with Gasteiger partial charge in [0, 0.05) is 38.1 Å². The van der Waals surface area contributed by atoms with E-state index >= 15 is 0 Å². The predicted molar refractivity (Wildman–Crippen MR) is 71.3 cm³/mol. The Kier molecular flexibility index (Phi) is 4.96. The van der Waals surface area contributed by atoms with Crippen LogP contribution in [0.2, 0.25) is 0 Å². The van der Waals surface area contributed by atoms with E-state index in [9.17, 15) is 0 Å². The van der Waals surface area contributed by atoms with Crippen molar-refractivity contribution in [3.8, 4) is 0 Å². The van der Waals surface area contributed by atoms with Gasteiger partial charge in [0.15, 0.2) is 0 Å². The lowest BCUT2D eigenvalue weighted by Crippen LogP contribution is -2.17. The fraction of sp³-hybridized carbons (Fsp3) is 0.538. The van der Waals surface area contributed by atoms with Crippen LogP contribution in [0.25, 0.3) is 0 Å². The first-order valence-corrected chi connectivity index (χ1v) is 6.57. The lowest BCUT2D eigenvalue weighted by molar-refractivity contribution is 0.533. The van der Waals surface area contributed by atoms with Crippen LogP contribution in [0.5, 0.6) is 0 Å². The molecule has 0 radical (unpaired) electrons. The minimum atomic E-state index is 0.886. The number of rotatable bonds is 8. The maximum atomic E-state index is 4.41. The zero-order valence-electron chi connectivity index (χ0n) is 10.9. The van der Waals surface area contributed by atoms with Crippen LogP contribution in [0.15, 0.2) is 31.0 Å². The molecule has 0 unspecified atom stereocenters. The van der Waals surface area contributed by atoms with Crippen LogP contribution in [0.3, 0.4) is 0 Å². The molecule has 2 aromatic rings. The van der Waals surface area contributed by atoms with Crippen molar-refractivity contribution >= 4 is 0 Å². The molecule has 0 saturated carbocycles. The summed E-state index contributed by atoms with van der Waals surface area (Å²) in [5, 5.41) is 7.56. The van der Waals surface area contributed by atoms with Gasteiger partial charge in [-0.05, 0) is 19.0 Å². The van der Waals surface area contributed by atoms with E-state index in [1.54, 1.807) is 6.20 Å². The van der Waals surface area contributed by atoms with Crippen LogP contribution in [-0.2, 0) is 19.5 Å². The Morgan fingerprint density at radius 2 is 2.22 bits per heavy atom. The molecule has 0 aliphatic carbocycles. The second kappa shape index (κ2) is 6.96. The number of nitrogens with zero attached hydrogens (tertiary/aromatic N) is 4. The van der Waals surface area contributed by atoms with E-state index in [-0.39, 0.29) is 0 Å². The van der Waals surface area contributed by atoms with Crippen LogP contribution in [0.1, 0.15) is 19.0 Å². The summed E-state index contributed by atoms with van der Waals surface area (Å²) in [5.74, 6) is 0. The third kappa shape index (κ3) is 4.00. The van der Waals surface area contributed by atoms with E-state index in [2.05, 4.69) is 33.1 Å². The Morgan fingerprint density at radius 3 is 3.00 bits per heavy atom. The third-order valence-corrected chi connectivity index (χ3v) is 2.82. The predicted octanol–water partition coefficient (Wildman–Crippen LogP) is 1.32. The van der Waals surface area contributed by atoms with Gasteiger partial charge in [0.1, 0.15) is 0 Å². The first-order valence-electron chi connectivity index (χ1n) is 6.57. The quantitative estimate of drug-likeness (QED) is 0.716. The standard InChI is InChI=1S/C13H21N5/c1-2-5-14-7-4-13-11-17(12-15-13)9-10-18-8-3-6-16-18/h3,6,8,11-12,14H,2,4-5,7,9-10H2,1H3. The van der Waals surface area contributed by atoms with Crippen LogP contribution >= 0.6 is 0 Å². The second-order valence-corrected chi connectivity index (χ2v) is 4.37. The highest BCUT2D eigenvalue weighted by molar-refractivity contribution is 4.97. The molecule has 98 valence electrons. The number of nitrogens with one attached hydrogen (secondary N) is 1. The van der Waals surface area contributed by atoms with Crippen molar-refractivity contribution in [2.75, 3.05) is 13.1 Å². The van der Waals surface area contributed by atoms with E-state index in [4.69, 9.17) is 0 Å². The lowest BCUT2D eigenvalue weighted by atomic mass is 10.3. The van der Waals surface area contributed by atoms with Crippen LogP contribution in [0.4, 0.5) is 0 Å². The highest BCUT2D eigenvalue weighted by Gasteiger charge is 1.99. The normalized spacial score (nSPS) is 10.9. The second-order valence-electron chi connectivity index (χ2n) is 4.37. The summed E-state index contributed by atoms with van der Waals surface area (Å²) in [6.45, 7) is 6.06. The van der Waals surface area contributed by atoms with Gasteiger partial charge in [-0.15, -0.1) is 0 Å². The average Bonchev–Trinajstić information content (AvgIpc) is 3.03. The first kappa shape index (κ1) is 12.8. The van der Waals surface area contributed by atoms with E-state index in [1.165, 1.54) is 6.42 Å². The number of hydrogen-bond donors (Lipinski definition) is 1. The highest BCUT2D eigenvalue weighted by atomic mass is 15.3. The summed E-state index contributed by atoms with van der Waals surface area (Å²) >= 11 is 0. The van der Waals surface area contributed by atoms with Gasteiger partial charge in [-0.1, -0.05) is 6.92 Å². The molecule has 0 aliphatic rings. The minimum absolute atomic E-state index is 0.886. The lowest BCUT2D eigenvalue weighted by Gasteiger charge is -2.02. The molecule has 0 spiro atoms. The van der Waals surface area contributed by atoms with Crippen molar-refractivity contribution in [2.24, 2.45) is 0 Å². The molecule has 0 atom stereocenters. The fourth-order valence-electron chi connectivity index (χ4n) is 1.83. The molecule has 0 aromatic carbocycles. The van der Waals surface area contributed by atoms with Crippen LogP contribution in [0, 0.1) is 0 Å². The maximum absolute atomic E-state index is 4.41. The summed E-state index contributed by atoms with van der Waals surface area (Å²) in [5.41, 5.74) is 1.15. The minimum Gasteiger partial charge on any atom is -0.335 e. The largest absolute Gasteiger partial charge is 0.335 e. The average molecular weight is 247 g/mol. The van der Waals surface area contributed by atoms with Crippen LogP contribution < -0.4 is 5.32 Å². The molecule has 5 heteroatoms. The van der Waals surface area contributed by atoms with E-state index in [0.29, 0.717) is 0 Å². The van der Waals surface area contributed by atoms with Crippen molar-refractivity contribution in [2.45, 2.75) is 32.9 Å². The Hall–Kier alpha value is -1.62. The summed E-state index contributed by atoms with van der Waals surface area (Å²) in [7, 11) is 0. The molecular formula is C13H21N5. The highest BCUT2D eigenvalue weighted by Crippen LogP contribution is 1.98. The smallest absolute Gasteiger partial charge is 0.0950 e. The molecular weight excluding hydrogens is 226 g/mol. The van der Waals surface area contributed by atoms with E-state index in [0.717, 1.165) is 38.3 Å². The summed E-state index contributed by atoms with van der Waals surface area (Å²) in [4.78, 5) is 4.41. The molecule has 2 rings (SSSR count). The topological polar surface area (TPSA) is 47.7 Å². The molecule has 0 saturated heterocycles. The van der Waals surface area contributed by atoms with Gasteiger partial charge in [0.25, 0.3) is 0 Å². The van der Waals surface area contributed by atoms with Crippen molar-refractivity contribution < 1.29 is 0 Å². The Labute approximate surface area is 108 Å². The number of imidazole rings is 1. The molecule has 0 amide bonds. The number of aromatic nitrogens is 4. The monoisotopic (exact) mass is 247 g/mol. The van der Waals surface area contributed by atoms with Gasteiger partial charge in [-0.2, -0.15) is 5.10 Å². The molecule has 0 bridgehead atoms. The molecule has 2 heterocycles. The number of aryl methyl sites for hydroxylation is 2. The SMILES string of the molecule is CCCNCCc1cn(CCn2cccn2)cn1. The molecule has 0 aliphatic heterocycles. The summed E-state index contributed by atoms with van der Waals surface area (Å²) in [6, 6.07) is 1.94. The Bertz CT molecular complexity index is 432. The maximum Gasteiger partial charge on any atom is 0.0950 e. The van der Waals surface area contributed by atoms with Crippen LogP contribution in [-0.4, -0.2) is 32.4 Å². The van der Waals surface area contributed by atoms with Gasteiger partial charge >= 0.3 is 0 Å². The number of hydrogen-bond acceptors (Lipinski definition) is 3. The van der Waals surface area contributed by atoms with E-state index in [1.807, 2.05) is 23.3 Å². The zero-order chi connectivity index (χ0) is 12.6. The third-order valence-electron chi connectivity index (χ3n) is 2.82. The van der Waals surface area contributed by atoms with Crippen molar-refractivity contribution in [3.63, 3.8) is 0 Å². The molecule has 18 heavy (non-hydrogen) atoms. The molecule has 1 N–H and O–H groups in total. The van der Waals surface area contributed by atoms with Gasteiger partial charge in [-0.3, -0.25) is 4.68 Å². The summed E-state index contributed by atoms with van der Waals surface area (Å²) in [6.07, 6.45) is 9.98. The van der Waals surface area contributed by atoms with Crippen molar-refractivity contribution in [3.05, 3.63) is 36.7 Å². The molecule has 0 fully saturated rings. The molecule has 2 aromatic heterocycles. The van der Waals surface area contributed by atoms with Gasteiger partial charge in [-0.25, -0.2) is 4.98 Å². The van der Waals surface area contributed by atoms with Crippen molar-refractivity contribution in [1.82, 2.24) is 24.6 Å². The van der Waals surface area contributed by atoms with E-state index < -0.39 is 0 Å². The summed E-state index contributed by atoms with van der Waals surface area (Å²) < 4.78 is 4.05. The zero-order valence-corrected chi connectivity index (χ0v) is 10.9. The first-order chi connectivity index (χ1) is 8.88. The molecule has 5 nitrogen and oxygen atoms in total. The Balaban J connectivity index is 1.72. The van der Waals surface area contributed by atoms with Gasteiger partial charge < -0.3 is 9.88 Å². The van der Waals surface area contributed by atoms with Gasteiger partial charge in [0.05, 0.1) is 18.6 Å². The van der Waals surface area contributed by atoms with Gasteiger partial charge in [0.2, 0.25) is 0 Å². The van der Waals surface area contributed by atoms with Crippen molar-refractivity contribution in [1.29, 1.82) is 0 Å². The Morgan fingerprint density at radius 1 is 1.28 bits per heavy atom.